The highest BCUT2D eigenvalue weighted by Gasteiger charge is 2.18. The quantitative estimate of drug-likeness (QED) is 0.681. The summed E-state index contributed by atoms with van der Waals surface area (Å²) in [5.74, 6) is 0. The highest BCUT2D eigenvalue weighted by Crippen LogP contribution is 2.30. The van der Waals surface area contributed by atoms with Gasteiger partial charge >= 0.3 is 0 Å². The third kappa shape index (κ3) is 3.34. The van der Waals surface area contributed by atoms with E-state index >= 15 is 0 Å². The van der Waals surface area contributed by atoms with Crippen molar-refractivity contribution in [1.29, 1.82) is 0 Å². The van der Waals surface area contributed by atoms with Crippen LogP contribution in [-0.2, 0) is 20.2 Å². The number of rotatable bonds is 5. The van der Waals surface area contributed by atoms with E-state index < -0.39 is 4.92 Å². The van der Waals surface area contributed by atoms with Gasteiger partial charge in [-0.1, -0.05) is 11.6 Å². The number of aryl methyl sites for hydroxylation is 1. The summed E-state index contributed by atoms with van der Waals surface area (Å²) in [6, 6.07) is 6.41. The van der Waals surface area contributed by atoms with Crippen molar-refractivity contribution in [3.63, 3.8) is 0 Å². The van der Waals surface area contributed by atoms with E-state index in [-0.39, 0.29) is 12.3 Å². The summed E-state index contributed by atoms with van der Waals surface area (Å²) < 4.78 is 1.88. The minimum absolute atomic E-state index is 0.00926. The van der Waals surface area contributed by atoms with Crippen LogP contribution >= 0.6 is 11.6 Å². The molecule has 0 saturated heterocycles. The number of hydrogen-bond acceptors (Lipinski definition) is 4. The van der Waals surface area contributed by atoms with Gasteiger partial charge < -0.3 is 14.6 Å². The van der Waals surface area contributed by atoms with Gasteiger partial charge in [-0.2, -0.15) is 0 Å². The van der Waals surface area contributed by atoms with E-state index in [1.54, 1.807) is 30.3 Å². The van der Waals surface area contributed by atoms with E-state index in [9.17, 15) is 15.2 Å². The van der Waals surface area contributed by atoms with Crippen LogP contribution in [0.5, 0.6) is 0 Å². The fourth-order valence-corrected chi connectivity index (χ4v) is 2.45. The maximum atomic E-state index is 11.1. The first-order chi connectivity index (χ1) is 9.92. The average molecular weight is 310 g/mol. The molecular weight excluding hydrogens is 294 g/mol. The van der Waals surface area contributed by atoms with Gasteiger partial charge in [0.15, 0.2) is 0 Å². The summed E-state index contributed by atoms with van der Waals surface area (Å²) >= 11 is 5.94. The van der Waals surface area contributed by atoms with E-state index in [0.717, 1.165) is 5.69 Å². The molecule has 0 saturated carbocycles. The van der Waals surface area contributed by atoms with Crippen LogP contribution < -0.4 is 4.90 Å². The molecule has 0 spiro atoms. The van der Waals surface area contributed by atoms with E-state index in [1.165, 1.54) is 6.07 Å². The third-order valence-electron chi connectivity index (χ3n) is 3.30. The smallest absolute Gasteiger partial charge is 0.292 e. The fourth-order valence-electron chi connectivity index (χ4n) is 2.18. The van der Waals surface area contributed by atoms with Crippen molar-refractivity contribution < 1.29 is 10.0 Å². The number of hydrogen-bond donors (Lipinski definition) is 1. The van der Waals surface area contributed by atoms with Crippen molar-refractivity contribution in [2.45, 2.75) is 13.2 Å². The third-order valence-corrected chi connectivity index (χ3v) is 3.51. The molecule has 7 heteroatoms. The molecule has 2 aromatic rings. The molecule has 0 radical (unpaired) electrons. The Bertz CT molecular complexity index is 669. The molecule has 2 rings (SSSR count). The van der Waals surface area contributed by atoms with Crippen molar-refractivity contribution >= 4 is 23.0 Å². The Labute approximate surface area is 127 Å². The van der Waals surface area contributed by atoms with E-state index in [0.29, 0.717) is 22.8 Å². The Morgan fingerprint density at radius 1 is 1.43 bits per heavy atom. The lowest BCUT2D eigenvalue weighted by Gasteiger charge is -2.20. The molecule has 0 aliphatic carbocycles. The zero-order valence-electron chi connectivity index (χ0n) is 11.8. The van der Waals surface area contributed by atoms with Gasteiger partial charge in [0, 0.05) is 32.1 Å². The van der Waals surface area contributed by atoms with Crippen molar-refractivity contribution in [3.8, 4) is 0 Å². The zero-order valence-corrected chi connectivity index (χ0v) is 12.5. The van der Waals surface area contributed by atoms with Crippen LogP contribution in [0.4, 0.5) is 11.4 Å². The molecule has 0 atom stereocenters. The summed E-state index contributed by atoms with van der Waals surface area (Å²) in [4.78, 5) is 12.5. The van der Waals surface area contributed by atoms with Gasteiger partial charge in [-0.15, -0.1) is 0 Å². The largest absolute Gasteiger partial charge is 0.392 e. The fraction of sp³-hybridized carbons (Fsp3) is 0.286. The first-order valence-electron chi connectivity index (χ1n) is 6.32. The van der Waals surface area contributed by atoms with Crippen LogP contribution in [0.2, 0.25) is 5.02 Å². The lowest BCUT2D eigenvalue weighted by molar-refractivity contribution is -0.384. The summed E-state index contributed by atoms with van der Waals surface area (Å²) in [7, 11) is 3.64. The Kier molecular flexibility index (Phi) is 4.50. The van der Waals surface area contributed by atoms with Crippen LogP contribution in [0, 0.1) is 10.1 Å². The predicted octanol–water partition coefficient (Wildman–Crippen LogP) is 2.72. The summed E-state index contributed by atoms with van der Waals surface area (Å²) in [6.45, 7) is 0.313. The minimum Gasteiger partial charge on any atom is -0.392 e. The summed E-state index contributed by atoms with van der Waals surface area (Å²) in [5.41, 5.74) is 2.04. The number of nitro groups is 1. The summed E-state index contributed by atoms with van der Waals surface area (Å²) in [6.07, 6.45) is 1.78. The molecule has 0 unspecified atom stereocenters. The first kappa shape index (κ1) is 15.3. The summed E-state index contributed by atoms with van der Waals surface area (Å²) in [5, 5.41) is 21.0. The monoisotopic (exact) mass is 309 g/mol. The van der Waals surface area contributed by atoms with Crippen LogP contribution in [0.3, 0.4) is 0 Å². The van der Waals surface area contributed by atoms with Crippen molar-refractivity contribution in [3.05, 3.63) is 56.9 Å². The number of halogens is 1. The van der Waals surface area contributed by atoms with Gasteiger partial charge in [-0.25, -0.2) is 0 Å². The van der Waals surface area contributed by atoms with Crippen LogP contribution in [0.1, 0.15) is 11.3 Å². The standard InChI is InChI=1S/C14H16ClN3O3/c1-16-7-11(15)6-12(16)8-17(2)14-5-10(9-19)3-4-13(14)18(20)21/h3-7,19H,8-9H2,1-2H3. The molecule has 21 heavy (non-hydrogen) atoms. The van der Waals surface area contributed by atoms with Crippen LogP contribution in [0.25, 0.3) is 0 Å². The molecule has 1 heterocycles. The van der Waals surface area contributed by atoms with Gasteiger partial charge in [0.2, 0.25) is 0 Å². The van der Waals surface area contributed by atoms with Gasteiger partial charge in [-0.05, 0) is 23.8 Å². The zero-order chi connectivity index (χ0) is 15.6. The van der Waals surface area contributed by atoms with Gasteiger partial charge in [0.05, 0.1) is 23.1 Å². The molecule has 6 nitrogen and oxygen atoms in total. The maximum Gasteiger partial charge on any atom is 0.292 e. The molecular formula is C14H16ClN3O3. The number of benzene rings is 1. The van der Waals surface area contributed by atoms with E-state index in [4.69, 9.17) is 11.6 Å². The Balaban J connectivity index is 2.35. The normalized spacial score (nSPS) is 10.7. The highest BCUT2D eigenvalue weighted by molar-refractivity contribution is 6.30. The number of nitrogens with zero attached hydrogens (tertiary/aromatic N) is 3. The molecule has 0 aliphatic heterocycles. The molecule has 0 aliphatic rings. The second-order valence-corrected chi connectivity index (χ2v) is 5.29. The first-order valence-corrected chi connectivity index (χ1v) is 6.70. The molecule has 0 amide bonds. The molecule has 0 bridgehead atoms. The number of aliphatic hydroxyl groups excluding tert-OH is 1. The Hall–Kier alpha value is -2.05. The van der Waals surface area contributed by atoms with Crippen LogP contribution in [-0.4, -0.2) is 21.6 Å². The predicted molar refractivity (Wildman–Crippen MR) is 81.5 cm³/mol. The lowest BCUT2D eigenvalue weighted by atomic mass is 10.1. The number of nitro benzene ring substituents is 1. The van der Waals surface area contributed by atoms with Crippen molar-refractivity contribution in [1.82, 2.24) is 4.57 Å². The van der Waals surface area contributed by atoms with Gasteiger partial charge in [0.25, 0.3) is 5.69 Å². The SMILES string of the molecule is CN(Cc1cc(Cl)cn1C)c1cc(CO)ccc1[N+](=O)[O-]. The maximum absolute atomic E-state index is 11.1. The number of aliphatic hydroxyl groups is 1. The number of aromatic nitrogens is 1. The second kappa shape index (κ2) is 6.15. The highest BCUT2D eigenvalue weighted by atomic mass is 35.5. The Morgan fingerprint density at radius 3 is 2.67 bits per heavy atom. The minimum atomic E-state index is -0.426. The van der Waals surface area contributed by atoms with Gasteiger partial charge in [-0.3, -0.25) is 10.1 Å². The van der Waals surface area contributed by atoms with E-state index in [2.05, 4.69) is 0 Å². The van der Waals surface area contributed by atoms with Crippen molar-refractivity contribution in [2.24, 2.45) is 7.05 Å². The molecule has 112 valence electrons. The molecule has 1 N–H and O–H groups in total. The lowest BCUT2D eigenvalue weighted by Crippen LogP contribution is -2.19. The van der Waals surface area contributed by atoms with E-state index in [1.807, 2.05) is 17.7 Å². The second-order valence-electron chi connectivity index (χ2n) is 4.85. The average Bonchev–Trinajstić information content (AvgIpc) is 2.75. The van der Waals surface area contributed by atoms with Crippen LogP contribution in [0.15, 0.2) is 30.5 Å². The van der Waals surface area contributed by atoms with Crippen molar-refractivity contribution in [2.75, 3.05) is 11.9 Å². The molecule has 1 aromatic heterocycles. The Morgan fingerprint density at radius 2 is 2.14 bits per heavy atom. The number of anilines is 1. The molecule has 1 aromatic carbocycles. The molecule has 0 fully saturated rings. The van der Waals surface area contributed by atoms with Gasteiger partial charge in [0.1, 0.15) is 5.69 Å². The topological polar surface area (TPSA) is 71.5 Å².